The quantitative estimate of drug-likeness (QED) is 0.759. The molecule has 2 unspecified atom stereocenters. The molecule has 6 nitrogen and oxygen atoms in total. The summed E-state index contributed by atoms with van der Waals surface area (Å²) in [5.74, 6) is 0.213. The van der Waals surface area contributed by atoms with Crippen LogP contribution >= 0.6 is 0 Å². The van der Waals surface area contributed by atoms with Gasteiger partial charge < -0.3 is 15.1 Å². The first-order valence-electron chi connectivity index (χ1n) is 11.8. The van der Waals surface area contributed by atoms with Crippen LogP contribution in [0.5, 0.6) is 0 Å². The lowest BCUT2D eigenvalue weighted by Gasteiger charge is -2.43. The van der Waals surface area contributed by atoms with Crippen molar-refractivity contribution < 1.29 is 14.4 Å². The van der Waals surface area contributed by atoms with Gasteiger partial charge in [0.25, 0.3) is 0 Å². The number of rotatable bonds is 6. The smallest absolute Gasteiger partial charge is 0.245 e. The van der Waals surface area contributed by atoms with E-state index in [1.165, 1.54) is 6.42 Å². The topological polar surface area (TPSA) is 69.7 Å². The maximum atomic E-state index is 13.3. The summed E-state index contributed by atoms with van der Waals surface area (Å²) in [7, 11) is 0. The number of hydrogen-bond donors (Lipinski definition) is 1. The van der Waals surface area contributed by atoms with Crippen molar-refractivity contribution in [3.8, 4) is 0 Å². The number of hydrogen-bond acceptors (Lipinski definition) is 3. The van der Waals surface area contributed by atoms with E-state index in [1.807, 2.05) is 60.9 Å². The van der Waals surface area contributed by atoms with Crippen molar-refractivity contribution in [3.05, 3.63) is 35.9 Å². The Hall–Kier alpha value is -2.37. The van der Waals surface area contributed by atoms with Gasteiger partial charge in [-0.15, -0.1) is 0 Å². The number of carbonyl (C=O) groups is 3. The third-order valence-electron chi connectivity index (χ3n) is 6.63. The molecule has 1 heterocycles. The van der Waals surface area contributed by atoms with E-state index in [2.05, 4.69) is 5.32 Å². The summed E-state index contributed by atoms with van der Waals surface area (Å²) in [5.41, 5.74) is 0.929. The number of piperazine rings is 1. The van der Waals surface area contributed by atoms with E-state index in [0.29, 0.717) is 19.6 Å². The van der Waals surface area contributed by atoms with Gasteiger partial charge in [0.05, 0.1) is 6.42 Å². The summed E-state index contributed by atoms with van der Waals surface area (Å²) in [4.78, 5) is 42.6. The van der Waals surface area contributed by atoms with Gasteiger partial charge in [-0.3, -0.25) is 14.4 Å². The maximum Gasteiger partial charge on any atom is 0.245 e. The minimum absolute atomic E-state index is 0.0000379. The number of nitrogens with zero attached hydrogens (tertiary/aromatic N) is 2. The first-order valence-corrected chi connectivity index (χ1v) is 11.8. The van der Waals surface area contributed by atoms with E-state index >= 15 is 0 Å². The Labute approximate surface area is 186 Å². The summed E-state index contributed by atoms with van der Waals surface area (Å²) >= 11 is 0. The molecule has 6 heteroatoms. The molecular formula is C25H37N3O3. The standard InChI is InChI=1S/C25H37N3O3/c1-18(2)23(26-22(29)16-20-10-6-4-7-11-20)25(31)27-14-15-28(19(3)17-27)24(30)21-12-8-5-9-13-21/h4,6-7,10-11,18-19,21,23H,5,8-9,12-17H2,1-3H3,(H,26,29). The molecular weight excluding hydrogens is 390 g/mol. The highest BCUT2D eigenvalue weighted by molar-refractivity contribution is 5.89. The van der Waals surface area contributed by atoms with Crippen LogP contribution in [0.25, 0.3) is 0 Å². The third-order valence-corrected chi connectivity index (χ3v) is 6.63. The van der Waals surface area contributed by atoms with Gasteiger partial charge in [0.2, 0.25) is 17.7 Å². The van der Waals surface area contributed by atoms with Crippen LogP contribution in [0.3, 0.4) is 0 Å². The molecule has 1 saturated heterocycles. The molecule has 31 heavy (non-hydrogen) atoms. The fourth-order valence-electron chi connectivity index (χ4n) is 4.79. The molecule has 170 valence electrons. The molecule has 0 bridgehead atoms. The van der Waals surface area contributed by atoms with Crippen LogP contribution in [-0.2, 0) is 20.8 Å². The Bertz CT molecular complexity index is 759. The molecule has 3 amide bonds. The van der Waals surface area contributed by atoms with Crippen LogP contribution < -0.4 is 5.32 Å². The van der Waals surface area contributed by atoms with Crippen LogP contribution in [0, 0.1) is 11.8 Å². The highest BCUT2D eigenvalue weighted by Gasteiger charge is 2.36. The van der Waals surface area contributed by atoms with Crippen LogP contribution in [0.1, 0.15) is 58.4 Å². The highest BCUT2D eigenvalue weighted by atomic mass is 16.2. The molecule has 0 aromatic heterocycles. The Morgan fingerprint density at radius 2 is 1.71 bits per heavy atom. The monoisotopic (exact) mass is 427 g/mol. The van der Waals surface area contributed by atoms with E-state index in [4.69, 9.17) is 0 Å². The van der Waals surface area contributed by atoms with E-state index in [-0.39, 0.29) is 42.0 Å². The molecule has 1 aliphatic heterocycles. The fraction of sp³-hybridized carbons (Fsp3) is 0.640. The Morgan fingerprint density at radius 1 is 1.03 bits per heavy atom. The van der Waals surface area contributed by atoms with Crippen molar-refractivity contribution in [1.29, 1.82) is 0 Å². The van der Waals surface area contributed by atoms with Gasteiger partial charge in [0.1, 0.15) is 6.04 Å². The molecule has 0 radical (unpaired) electrons. The fourth-order valence-corrected chi connectivity index (χ4v) is 4.79. The SMILES string of the molecule is CC(C)C(NC(=O)Cc1ccccc1)C(=O)N1CCN(C(=O)C2CCCCC2)C(C)C1. The summed E-state index contributed by atoms with van der Waals surface area (Å²) in [6, 6.07) is 9.00. The Kier molecular flexibility index (Phi) is 8.10. The molecule has 1 aliphatic carbocycles. The minimum atomic E-state index is -0.552. The zero-order valence-corrected chi connectivity index (χ0v) is 19.2. The highest BCUT2D eigenvalue weighted by Crippen LogP contribution is 2.27. The summed E-state index contributed by atoms with van der Waals surface area (Å²) in [6.07, 6.45) is 5.76. The Morgan fingerprint density at radius 3 is 2.32 bits per heavy atom. The molecule has 2 atom stereocenters. The second-order valence-corrected chi connectivity index (χ2v) is 9.45. The molecule has 2 fully saturated rings. The maximum absolute atomic E-state index is 13.3. The minimum Gasteiger partial charge on any atom is -0.344 e. The van der Waals surface area contributed by atoms with E-state index in [9.17, 15) is 14.4 Å². The molecule has 1 aromatic carbocycles. The molecule has 1 N–H and O–H groups in total. The normalized spacial score (nSPS) is 21.1. The van der Waals surface area contributed by atoms with E-state index < -0.39 is 6.04 Å². The molecule has 1 saturated carbocycles. The summed E-state index contributed by atoms with van der Waals surface area (Å²) < 4.78 is 0. The van der Waals surface area contributed by atoms with Crippen molar-refractivity contribution >= 4 is 17.7 Å². The van der Waals surface area contributed by atoms with Crippen LogP contribution in [0.2, 0.25) is 0 Å². The number of benzene rings is 1. The number of carbonyl (C=O) groups excluding carboxylic acids is 3. The summed E-state index contributed by atoms with van der Waals surface area (Å²) in [6.45, 7) is 7.56. The van der Waals surface area contributed by atoms with Gasteiger partial charge in [-0.1, -0.05) is 63.4 Å². The van der Waals surface area contributed by atoms with Crippen molar-refractivity contribution in [2.45, 2.75) is 71.4 Å². The van der Waals surface area contributed by atoms with Gasteiger partial charge >= 0.3 is 0 Å². The first kappa shape index (κ1) is 23.3. The van der Waals surface area contributed by atoms with Gasteiger partial charge in [-0.05, 0) is 31.2 Å². The molecule has 0 spiro atoms. The molecule has 3 rings (SSSR count). The van der Waals surface area contributed by atoms with Crippen molar-refractivity contribution in [1.82, 2.24) is 15.1 Å². The van der Waals surface area contributed by atoms with Crippen LogP contribution in [-0.4, -0.2) is 59.2 Å². The van der Waals surface area contributed by atoms with Crippen molar-refractivity contribution in [2.24, 2.45) is 11.8 Å². The lowest BCUT2D eigenvalue weighted by atomic mass is 9.87. The summed E-state index contributed by atoms with van der Waals surface area (Å²) in [5, 5.41) is 2.95. The Balaban J connectivity index is 1.57. The number of nitrogens with one attached hydrogen (secondary N) is 1. The third kappa shape index (κ3) is 6.08. The largest absolute Gasteiger partial charge is 0.344 e. The lowest BCUT2D eigenvalue weighted by molar-refractivity contribution is -0.147. The predicted molar refractivity (Wildman–Crippen MR) is 121 cm³/mol. The van der Waals surface area contributed by atoms with E-state index in [0.717, 1.165) is 31.2 Å². The molecule has 2 aliphatic rings. The zero-order valence-electron chi connectivity index (χ0n) is 19.2. The second kappa shape index (κ2) is 10.8. The average Bonchev–Trinajstić information content (AvgIpc) is 2.77. The van der Waals surface area contributed by atoms with E-state index in [1.54, 1.807) is 0 Å². The second-order valence-electron chi connectivity index (χ2n) is 9.45. The average molecular weight is 428 g/mol. The van der Waals surface area contributed by atoms with Crippen LogP contribution in [0.15, 0.2) is 30.3 Å². The zero-order chi connectivity index (χ0) is 22.4. The van der Waals surface area contributed by atoms with Gasteiger partial charge in [-0.2, -0.15) is 0 Å². The van der Waals surface area contributed by atoms with Crippen molar-refractivity contribution in [2.75, 3.05) is 19.6 Å². The van der Waals surface area contributed by atoms with Crippen molar-refractivity contribution in [3.63, 3.8) is 0 Å². The van der Waals surface area contributed by atoms with Gasteiger partial charge in [-0.25, -0.2) is 0 Å². The van der Waals surface area contributed by atoms with Gasteiger partial charge in [0.15, 0.2) is 0 Å². The van der Waals surface area contributed by atoms with Gasteiger partial charge in [0, 0.05) is 31.6 Å². The number of amides is 3. The first-order chi connectivity index (χ1) is 14.9. The predicted octanol–water partition coefficient (Wildman–Crippen LogP) is 3.01. The molecule has 1 aromatic rings. The lowest BCUT2D eigenvalue weighted by Crippen LogP contribution is -2.60. The van der Waals surface area contributed by atoms with Crippen LogP contribution in [0.4, 0.5) is 0 Å².